The molecule has 1 aliphatic rings. The second-order valence-electron chi connectivity index (χ2n) is 10.2. The molecule has 5 N–H and O–H groups in total. The topological polar surface area (TPSA) is 115 Å². The van der Waals surface area contributed by atoms with Gasteiger partial charge in [-0.05, 0) is 51.7 Å². The largest absolute Gasteiger partial charge is 0.401 e. The van der Waals surface area contributed by atoms with Gasteiger partial charge in [-0.15, -0.1) is 0 Å². The summed E-state index contributed by atoms with van der Waals surface area (Å²) in [5.41, 5.74) is 10.9. The van der Waals surface area contributed by atoms with Crippen LogP contribution in [0.15, 0.2) is 66.6 Å². The average molecular weight is 503 g/mol. The maximum Gasteiger partial charge on any atom is 0.101 e. The van der Waals surface area contributed by atoms with E-state index in [4.69, 9.17) is 21.3 Å². The number of hydrogen-bond donors (Lipinski definition) is 3. The average Bonchev–Trinajstić information content (AvgIpc) is 3.17. The Labute approximate surface area is 218 Å². The molecule has 0 saturated carbocycles. The van der Waals surface area contributed by atoms with Crippen LogP contribution in [-0.2, 0) is 16.9 Å². The Morgan fingerprint density at radius 2 is 1.68 bits per heavy atom. The third-order valence-corrected chi connectivity index (χ3v) is 6.66. The first kappa shape index (κ1) is 26.6. The second-order valence-corrected chi connectivity index (χ2v) is 10.2. The lowest BCUT2D eigenvalue weighted by Gasteiger charge is -2.24. The molecule has 5 rings (SSSR count). The van der Waals surface area contributed by atoms with Gasteiger partial charge in [-0.1, -0.05) is 36.4 Å². The molecule has 0 bridgehead atoms. The van der Waals surface area contributed by atoms with Crippen LogP contribution >= 0.6 is 0 Å². The summed E-state index contributed by atoms with van der Waals surface area (Å²) in [4.78, 5) is 9.30. The van der Waals surface area contributed by atoms with Crippen molar-refractivity contribution in [1.29, 1.82) is 0 Å². The highest BCUT2D eigenvalue weighted by molar-refractivity contribution is 6.06. The van der Waals surface area contributed by atoms with Crippen molar-refractivity contribution in [3.8, 4) is 0 Å². The lowest BCUT2D eigenvalue weighted by atomic mass is 10.00. The standard InChI is InChI=1S/C23H32N6O2.C6H6/c1-14(24)22(28(4)25)16-9-19-21(27-11-16)17-12-26-20(23(2,3)30)10-18(17)29(19)13-15-5-7-31-8-6-15;1-2-4-6-5-3-1/h9-12,15,30H,5-8,13,24-25H2,1-4H3;1-6H/b22-14-;. The Bertz CT molecular complexity index is 1340. The molecule has 4 heterocycles. The van der Waals surface area contributed by atoms with Crippen LogP contribution in [0.1, 0.15) is 44.9 Å². The monoisotopic (exact) mass is 502 g/mol. The normalized spacial score (nSPS) is 15.3. The third-order valence-electron chi connectivity index (χ3n) is 6.66. The summed E-state index contributed by atoms with van der Waals surface area (Å²) in [6.07, 6.45) is 5.67. The zero-order valence-electron chi connectivity index (χ0n) is 22.2. The number of fused-ring (bicyclic) bond motifs is 3. The molecule has 3 aromatic heterocycles. The number of nitrogens with zero attached hydrogens (tertiary/aromatic N) is 4. The minimum absolute atomic E-state index is 0.512. The molecule has 196 valence electrons. The lowest BCUT2D eigenvalue weighted by Crippen LogP contribution is -2.26. The SMILES string of the molecule is C/C(N)=C(\c1cnc2c3cnc(C(C)(C)O)cc3n(CC3CCOCC3)c2c1)N(C)N.c1ccccc1. The third kappa shape index (κ3) is 6.10. The molecule has 8 heteroatoms. The zero-order chi connectivity index (χ0) is 26.6. The van der Waals surface area contributed by atoms with Crippen molar-refractivity contribution < 1.29 is 9.84 Å². The molecular formula is C29H38N6O2. The number of ether oxygens (including phenoxy) is 1. The van der Waals surface area contributed by atoms with Gasteiger partial charge in [0.25, 0.3) is 0 Å². The molecule has 0 spiro atoms. The predicted octanol–water partition coefficient (Wildman–Crippen LogP) is 4.38. The van der Waals surface area contributed by atoms with Crippen molar-refractivity contribution >= 4 is 27.6 Å². The van der Waals surface area contributed by atoms with E-state index in [0.717, 1.165) is 65.8 Å². The molecule has 0 unspecified atom stereocenters. The highest BCUT2D eigenvalue weighted by Crippen LogP contribution is 2.33. The van der Waals surface area contributed by atoms with Crippen molar-refractivity contribution in [3.05, 3.63) is 77.9 Å². The van der Waals surface area contributed by atoms with Crippen LogP contribution < -0.4 is 11.6 Å². The van der Waals surface area contributed by atoms with Crippen molar-refractivity contribution in [2.24, 2.45) is 17.5 Å². The van der Waals surface area contributed by atoms with E-state index in [-0.39, 0.29) is 0 Å². The van der Waals surface area contributed by atoms with Gasteiger partial charge in [-0.2, -0.15) is 0 Å². The Morgan fingerprint density at radius 3 is 2.22 bits per heavy atom. The van der Waals surface area contributed by atoms with Crippen molar-refractivity contribution in [2.45, 2.75) is 45.8 Å². The van der Waals surface area contributed by atoms with Crippen LogP contribution in [0.5, 0.6) is 0 Å². The number of benzene rings is 1. The zero-order valence-corrected chi connectivity index (χ0v) is 22.2. The fraction of sp³-hybridized carbons (Fsp3) is 0.379. The van der Waals surface area contributed by atoms with Crippen molar-refractivity contribution in [2.75, 3.05) is 20.3 Å². The van der Waals surface area contributed by atoms with Gasteiger partial charge in [0.2, 0.25) is 0 Å². The van der Waals surface area contributed by atoms with Gasteiger partial charge in [-0.3, -0.25) is 9.97 Å². The number of aromatic nitrogens is 3. The fourth-order valence-electron chi connectivity index (χ4n) is 4.79. The Morgan fingerprint density at radius 1 is 1.05 bits per heavy atom. The van der Waals surface area contributed by atoms with Crippen molar-refractivity contribution in [1.82, 2.24) is 19.5 Å². The van der Waals surface area contributed by atoms with Gasteiger partial charge in [0, 0.05) is 55.8 Å². The summed E-state index contributed by atoms with van der Waals surface area (Å²) in [6, 6.07) is 16.1. The van der Waals surface area contributed by atoms with Crippen molar-refractivity contribution in [3.63, 3.8) is 0 Å². The molecule has 0 amide bonds. The first-order valence-electron chi connectivity index (χ1n) is 12.7. The molecule has 1 aliphatic heterocycles. The number of allylic oxidation sites excluding steroid dienone is 1. The van der Waals surface area contributed by atoms with Gasteiger partial charge in [0.05, 0.1) is 27.9 Å². The van der Waals surface area contributed by atoms with E-state index in [9.17, 15) is 5.11 Å². The molecular weight excluding hydrogens is 464 g/mol. The van der Waals surface area contributed by atoms with E-state index in [1.807, 2.05) is 55.6 Å². The minimum atomic E-state index is -1.03. The molecule has 0 atom stereocenters. The highest BCUT2D eigenvalue weighted by Gasteiger charge is 2.23. The molecule has 4 aromatic rings. The molecule has 0 radical (unpaired) electrons. The summed E-state index contributed by atoms with van der Waals surface area (Å²) in [7, 11) is 1.77. The van der Waals surface area contributed by atoms with Gasteiger partial charge in [0.15, 0.2) is 0 Å². The van der Waals surface area contributed by atoms with Crippen LogP contribution in [-0.4, -0.2) is 44.9 Å². The van der Waals surface area contributed by atoms with Crippen LogP contribution in [0.3, 0.4) is 0 Å². The molecule has 37 heavy (non-hydrogen) atoms. The number of hydrazine groups is 1. The van der Waals surface area contributed by atoms with E-state index in [0.29, 0.717) is 17.3 Å². The number of hydrogen-bond acceptors (Lipinski definition) is 7. The summed E-state index contributed by atoms with van der Waals surface area (Å²) >= 11 is 0. The lowest BCUT2D eigenvalue weighted by molar-refractivity contribution is 0.0619. The Balaban J connectivity index is 0.000000469. The van der Waals surface area contributed by atoms with Gasteiger partial charge in [0.1, 0.15) is 5.60 Å². The van der Waals surface area contributed by atoms with Crippen LogP contribution in [0.4, 0.5) is 0 Å². The summed E-state index contributed by atoms with van der Waals surface area (Å²) in [5.74, 6) is 6.57. The smallest absolute Gasteiger partial charge is 0.101 e. The first-order chi connectivity index (χ1) is 17.7. The Hall–Kier alpha value is -3.46. The van der Waals surface area contributed by atoms with E-state index in [1.165, 1.54) is 5.01 Å². The summed E-state index contributed by atoms with van der Waals surface area (Å²) in [6.45, 7) is 7.77. The molecule has 1 fully saturated rings. The van der Waals surface area contributed by atoms with Gasteiger partial charge >= 0.3 is 0 Å². The number of nitrogens with two attached hydrogens (primary N) is 2. The quantitative estimate of drug-likeness (QED) is 0.274. The number of aliphatic hydroxyl groups is 1. The maximum atomic E-state index is 10.5. The van der Waals surface area contributed by atoms with Crippen LogP contribution in [0, 0.1) is 5.92 Å². The van der Waals surface area contributed by atoms with Gasteiger partial charge in [-0.25, -0.2) is 5.84 Å². The fourth-order valence-corrected chi connectivity index (χ4v) is 4.79. The first-order valence-corrected chi connectivity index (χ1v) is 12.7. The van der Waals surface area contributed by atoms with E-state index >= 15 is 0 Å². The van der Waals surface area contributed by atoms with E-state index in [1.54, 1.807) is 27.1 Å². The minimum Gasteiger partial charge on any atom is -0.401 e. The van der Waals surface area contributed by atoms with E-state index < -0.39 is 5.60 Å². The number of pyridine rings is 2. The molecule has 1 saturated heterocycles. The summed E-state index contributed by atoms with van der Waals surface area (Å²) < 4.78 is 7.86. The number of rotatable bonds is 5. The van der Waals surface area contributed by atoms with Crippen LogP contribution in [0.25, 0.3) is 27.6 Å². The summed E-state index contributed by atoms with van der Waals surface area (Å²) in [5, 5.41) is 13.0. The highest BCUT2D eigenvalue weighted by atomic mass is 16.5. The van der Waals surface area contributed by atoms with Crippen LogP contribution in [0.2, 0.25) is 0 Å². The molecule has 1 aromatic carbocycles. The second kappa shape index (κ2) is 11.3. The Kier molecular flexibility index (Phi) is 8.12. The van der Waals surface area contributed by atoms with E-state index in [2.05, 4.69) is 15.6 Å². The molecule has 8 nitrogen and oxygen atoms in total. The molecule has 0 aliphatic carbocycles. The van der Waals surface area contributed by atoms with Gasteiger partial charge < -0.3 is 25.2 Å². The predicted molar refractivity (Wildman–Crippen MR) is 149 cm³/mol. The maximum absolute atomic E-state index is 10.5.